The van der Waals surface area contributed by atoms with Crippen molar-refractivity contribution in [3.8, 4) is 0 Å². The maximum atomic E-state index is 3.75. The van der Waals surface area contributed by atoms with Gasteiger partial charge in [0.1, 0.15) is 0 Å². The molecule has 1 aliphatic carbocycles. The summed E-state index contributed by atoms with van der Waals surface area (Å²) in [5.74, 6) is 0. The third-order valence-corrected chi connectivity index (χ3v) is 3.84. The zero-order chi connectivity index (χ0) is 10.3. The van der Waals surface area contributed by atoms with Gasteiger partial charge in [-0.2, -0.15) is 0 Å². The first kappa shape index (κ1) is 9.41. The Morgan fingerprint density at radius 3 is 3.00 bits per heavy atom. The molecule has 2 aliphatic rings. The monoisotopic (exact) mass is 201 g/mol. The van der Waals surface area contributed by atoms with E-state index in [0.29, 0.717) is 12.1 Å². The van der Waals surface area contributed by atoms with Crippen LogP contribution in [0.2, 0.25) is 0 Å². The van der Waals surface area contributed by atoms with E-state index < -0.39 is 0 Å². The van der Waals surface area contributed by atoms with E-state index >= 15 is 0 Å². The minimum atomic E-state index is 0.641. The van der Waals surface area contributed by atoms with E-state index in [1.807, 2.05) is 0 Å². The summed E-state index contributed by atoms with van der Waals surface area (Å²) in [5.41, 5.74) is 4.85. The van der Waals surface area contributed by atoms with Gasteiger partial charge in [-0.25, -0.2) is 0 Å². The molecule has 0 radical (unpaired) electrons. The van der Waals surface area contributed by atoms with Crippen molar-refractivity contribution in [2.45, 2.75) is 51.1 Å². The summed E-state index contributed by atoms with van der Waals surface area (Å²) < 4.78 is 0. The highest BCUT2D eigenvalue weighted by atomic mass is 15.0. The maximum Gasteiger partial charge on any atom is 0.0328 e. The largest absolute Gasteiger partial charge is 0.307 e. The topological polar surface area (TPSA) is 12.0 Å². The number of hydrogen-bond donors (Lipinski definition) is 1. The molecule has 2 unspecified atom stereocenters. The first-order valence-electron chi connectivity index (χ1n) is 6.21. The third kappa shape index (κ3) is 1.59. The molecule has 1 aromatic carbocycles. The van der Waals surface area contributed by atoms with Crippen LogP contribution >= 0.6 is 0 Å². The van der Waals surface area contributed by atoms with E-state index in [9.17, 15) is 0 Å². The number of nitrogens with one attached hydrogen (secondary N) is 1. The molecule has 0 fully saturated rings. The predicted molar refractivity (Wildman–Crippen MR) is 63.0 cm³/mol. The Bertz CT molecular complexity index is 370. The Morgan fingerprint density at radius 2 is 2.07 bits per heavy atom. The average Bonchev–Trinajstić information content (AvgIpc) is 2.42. The second-order valence-corrected chi connectivity index (χ2v) is 5.06. The van der Waals surface area contributed by atoms with Crippen LogP contribution in [0.25, 0.3) is 0 Å². The summed E-state index contributed by atoms with van der Waals surface area (Å²) >= 11 is 0. The van der Waals surface area contributed by atoms with Crippen molar-refractivity contribution in [1.29, 1.82) is 0 Å². The molecule has 0 spiro atoms. The molecule has 1 heterocycles. The van der Waals surface area contributed by atoms with E-state index in [1.54, 1.807) is 16.7 Å². The van der Waals surface area contributed by atoms with Crippen LogP contribution in [0, 0.1) is 0 Å². The van der Waals surface area contributed by atoms with Gasteiger partial charge in [0, 0.05) is 12.1 Å². The molecule has 1 aromatic rings. The Kier molecular flexibility index (Phi) is 2.28. The molecule has 80 valence electrons. The van der Waals surface area contributed by atoms with Gasteiger partial charge < -0.3 is 5.32 Å². The molecule has 1 heteroatoms. The van der Waals surface area contributed by atoms with Crippen LogP contribution in [0.5, 0.6) is 0 Å². The summed E-state index contributed by atoms with van der Waals surface area (Å²) in [7, 11) is 0. The minimum absolute atomic E-state index is 0.641. The lowest BCUT2D eigenvalue weighted by molar-refractivity contribution is 0.401. The molecule has 1 nitrogen and oxygen atoms in total. The lowest BCUT2D eigenvalue weighted by atomic mass is 9.86. The minimum Gasteiger partial charge on any atom is -0.307 e. The molecule has 0 bridgehead atoms. The summed E-state index contributed by atoms with van der Waals surface area (Å²) in [6.07, 6.45) is 6.56. The molecular formula is C14H19N. The molecule has 0 aromatic heterocycles. The quantitative estimate of drug-likeness (QED) is 0.680. The highest BCUT2D eigenvalue weighted by Gasteiger charge is 2.26. The van der Waals surface area contributed by atoms with E-state index in [4.69, 9.17) is 0 Å². The molecule has 3 rings (SSSR count). The van der Waals surface area contributed by atoms with E-state index in [1.165, 1.54) is 32.1 Å². The van der Waals surface area contributed by atoms with Crippen molar-refractivity contribution in [2.24, 2.45) is 0 Å². The molecule has 0 saturated heterocycles. The standard InChI is InChI=1S/C14H19N/c1-10-9-12-7-4-6-11-5-2-3-8-13(15-10)14(11)12/h4,6-7,10,13,15H,2-3,5,8-9H2,1H3. The number of hydrogen-bond acceptors (Lipinski definition) is 1. The number of aryl methyl sites for hydroxylation is 1. The van der Waals surface area contributed by atoms with Gasteiger partial charge >= 0.3 is 0 Å². The fourth-order valence-corrected chi connectivity index (χ4v) is 3.22. The smallest absolute Gasteiger partial charge is 0.0328 e. The van der Waals surface area contributed by atoms with Gasteiger partial charge in [0.05, 0.1) is 0 Å². The normalized spacial score (nSPS) is 29.4. The van der Waals surface area contributed by atoms with Crippen LogP contribution in [0.3, 0.4) is 0 Å². The number of benzene rings is 1. The Labute approximate surface area is 91.9 Å². The Morgan fingerprint density at radius 1 is 1.20 bits per heavy atom. The first-order chi connectivity index (χ1) is 7.34. The van der Waals surface area contributed by atoms with E-state index in [-0.39, 0.29) is 0 Å². The third-order valence-electron chi connectivity index (χ3n) is 3.84. The van der Waals surface area contributed by atoms with Crippen molar-refractivity contribution < 1.29 is 0 Å². The van der Waals surface area contributed by atoms with Crippen molar-refractivity contribution >= 4 is 0 Å². The fourth-order valence-electron chi connectivity index (χ4n) is 3.22. The van der Waals surface area contributed by atoms with Crippen LogP contribution in [0.1, 0.15) is 48.9 Å². The van der Waals surface area contributed by atoms with Gasteiger partial charge in [-0.05, 0) is 49.3 Å². The van der Waals surface area contributed by atoms with E-state index in [0.717, 1.165) is 0 Å². The van der Waals surface area contributed by atoms with Crippen molar-refractivity contribution in [3.63, 3.8) is 0 Å². The summed E-state index contributed by atoms with van der Waals surface area (Å²) in [6.45, 7) is 2.31. The molecule has 0 saturated carbocycles. The van der Waals surface area contributed by atoms with Gasteiger partial charge in [0.2, 0.25) is 0 Å². The second kappa shape index (κ2) is 3.64. The average molecular weight is 201 g/mol. The van der Waals surface area contributed by atoms with Crippen LogP contribution in [0.15, 0.2) is 18.2 Å². The summed E-state index contributed by atoms with van der Waals surface area (Å²) in [5, 5.41) is 3.75. The molecule has 1 aliphatic heterocycles. The summed E-state index contributed by atoms with van der Waals surface area (Å²) in [4.78, 5) is 0. The zero-order valence-corrected chi connectivity index (χ0v) is 9.42. The highest BCUT2D eigenvalue weighted by Crippen LogP contribution is 2.35. The van der Waals surface area contributed by atoms with Gasteiger partial charge in [-0.3, -0.25) is 0 Å². The van der Waals surface area contributed by atoms with Crippen molar-refractivity contribution in [3.05, 3.63) is 34.9 Å². The Hall–Kier alpha value is -0.820. The maximum absolute atomic E-state index is 3.75. The van der Waals surface area contributed by atoms with Gasteiger partial charge in [-0.1, -0.05) is 24.6 Å². The molecule has 1 N–H and O–H groups in total. The van der Waals surface area contributed by atoms with E-state index in [2.05, 4.69) is 30.4 Å². The van der Waals surface area contributed by atoms with Crippen molar-refractivity contribution in [2.75, 3.05) is 0 Å². The van der Waals surface area contributed by atoms with Gasteiger partial charge in [0.15, 0.2) is 0 Å². The molecular weight excluding hydrogens is 182 g/mol. The van der Waals surface area contributed by atoms with Crippen LogP contribution in [-0.4, -0.2) is 6.04 Å². The highest BCUT2D eigenvalue weighted by molar-refractivity contribution is 5.40. The second-order valence-electron chi connectivity index (χ2n) is 5.06. The zero-order valence-electron chi connectivity index (χ0n) is 9.42. The molecule has 2 atom stereocenters. The summed E-state index contributed by atoms with van der Waals surface area (Å²) in [6, 6.07) is 8.19. The van der Waals surface area contributed by atoms with Gasteiger partial charge in [-0.15, -0.1) is 0 Å². The van der Waals surface area contributed by atoms with Crippen LogP contribution in [-0.2, 0) is 12.8 Å². The fraction of sp³-hybridized carbons (Fsp3) is 0.571. The lowest BCUT2D eigenvalue weighted by Gasteiger charge is -2.32. The lowest BCUT2D eigenvalue weighted by Crippen LogP contribution is -2.37. The predicted octanol–water partition coefficient (Wildman–Crippen LogP) is 2.99. The van der Waals surface area contributed by atoms with Crippen LogP contribution in [0.4, 0.5) is 0 Å². The van der Waals surface area contributed by atoms with Gasteiger partial charge in [0.25, 0.3) is 0 Å². The number of rotatable bonds is 0. The SMILES string of the molecule is CC1Cc2cccc3c2C(CCCC3)N1. The molecule has 0 amide bonds. The van der Waals surface area contributed by atoms with Crippen molar-refractivity contribution in [1.82, 2.24) is 5.32 Å². The molecule has 15 heavy (non-hydrogen) atoms. The van der Waals surface area contributed by atoms with Crippen LogP contribution < -0.4 is 5.32 Å². The Balaban J connectivity index is 2.11. The first-order valence-corrected chi connectivity index (χ1v) is 6.21.